The molecule has 1 atom stereocenters. The maximum Gasteiger partial charge on any atom is 0.326 e. The quantitative estimate of drug-likeness (QED) is 0.834. The molecule has 0 saturated heterocycles. The number of rotatable bonds is 6. The van der Waals surface area contributed by atoms with Crippen molar-refractivity contribution in [1.29, 1.82) is 0 Å². The molecule has 0 heterocycles. The summed E-state index contributed by atoms with van der Waals surface area (Å²) in [6, 6.07) is 2.85. The van der Waals surface area contributed by atoms with Gasteiger partial charge in [-0.25, -0.2) is 9.18 Å². The van der Waals surface area contributed by atoms with Crippen molar-refractivity contribution in [2.45, 2.75) is 19.4 Å². The summed E-state index contributed by atoms with van der Waals surface area (Å²) in [6.07, 6.45) is 0.279. The zero-order chi connectivity index (χ0) is 14.4. The predicted molar refractivity (Wildman–Crippen MR) is 69.5 cm³/mol. The van der Waals surface area contributed by atoms with Crippen LogP contribution < -0.4 is 10.1 Å². The van der Waals surface area contributed by atoms with E-state index in [0.717, 1.165) is 0 Å². The molecule has 19 heavy (non-hydrogen) atoms. The molecule has 2 N–H and O–H groups in total. The van der Waals surface area contributed by atoms with Crippen LogP contribution in [0.1, 0.15) is 13.3 Å². The molecule has 1 amide bonds. The Balaban J connectivity index is 2.52. The van der Waals surface area contributed by atoms with E-state index in [0.29, 0.717) is 10.2 Å². The van der Waals surface area contributed by atoms with Crippen molar-refractivity contribution < 1.29 is 23.8 Å². The molecule has 0 fully saturated rings. The minimum absolute atomic E-state index is 0.279. The van der Waals surface area contributed by atoms with Crippen LogP contribution in [0.15, 0.2) is 22.7 Å². The van der Waals surface area contributed by atoms with Crippen LogP contribution in [-0.4, -0.2) is 29.6 Å². The van der Waals surface area contributed by atoms with Gasteiger partial charge in [-0.2, -0.15) is 0 Å². The van der Waals surface area contributed by atoms with E-state index >= 15 is 0 Å². The molecule has 0 saturated carbocycles. The molecule has 1 aromatic rings. The van der Waals surface area contributed by atoms with E-state index in [4.69, 9.17) is 9.84 Å². The second-order valence-electron chi connectivity index (χ2n) is 3.73. The molecule has 1 unspecified atom stereocenters. The summed E-state index contributed by atoms with van der Waals surface area (Å²) in [4.78, 5) is 22.2. The summed E-state index contributed by atoms with van der Waals surface area (Å²) in [5.41, 5.74) is 0. The Kier molecular flexibility index (Phi) is 5.75. The van der Waals surface area contributed by atoms with Gasteiger partial charge in [0.1, 0.15) is 17.6 Å². The molecule has 5 nitrogen and oxygen atoms in total. The van der Waals surface area contributed by atoms with E-state index in [-0.39, 0.29) is 13.0 Å². The Bertz CT molecular complexity index is 481. The van der Waals surface area contributed by atoms with Gasteiger partial charge < -0.3 is 15.2 Å². The monoisotopic (exact) mass is 333 g/mol. The van der Waals surface area contributed by atoms with Gasteiger partial charge in [0.25, 0.3) is 5.91 Å². The van der Waals surface area contributed by atoms with E-state index in [1.165, 1.54) is 18.2 Å². The maximum absolute atomic E-state index is 12.8. The fourth-order valence-corrected chi connectivity index (χ4v) is 1.78. The molecule has 7 heteroatoms. The highest BCUT2D eigenvalue weighted by molar-refractivity contribution is 9.10. The first-order chi connectivity index (χ1) is 8.93. The van der Waals surface area contributed by atoms with Crippen molar-refractivity contribution in [2.24, 2.45) is 0 Å². The van der Waals surface area contributed by atoms with Crippen LogP contribution in [0, 0.1) is 5.82 Å². The fraction of sp³-hybridized carbons (Fsp3) is 0.333. The molecule has 0 radical (unpaired) electrons. The number of benzene rings is 1. The number of hydrogen-bond donors (Lipinski definition) is 2. The van der Waals surface area contributed by atoms with Gasteiger partial charge in [-0.05, 0) is 40.5 Å². The first-order valence-corrected chi connectivity index (χ1v) is 6.33. The summed E-state index contributed by atoms with van der Waals surface area (Å²) in [5, 5.41) is 11.1. The highest BCUT2D eigenvalue weighted by Crippen LogP contribution is 2.25. The van der Waals surface area contributed by atoms with E-state index in [1.807, 2.05) is 0 Å². The van der Waals surface area contributed by atoms with Gasteiger partial charge in [-0.15, -0.1) is 0 Å². The third-order valence-corrected chi connectivity index (χ3v) is 2.91. The normalized spacial score (nSPS) is 11.7. The number of amides is 1. The highest BCUT2D eigenvalue weighted by Gasteiger charge is 2.17. The van der Waals surface area contributed by atoms with Crippen molar-refractivity contribution >= 4 is 27.8 Å². The highest BCUT2D eigenvalue weighted by atomic mass is 79.9. The van der Waals surface area contributed by atoms with E-state index < -0.39 is 23.7 Å². The molecule has 0 aromatic heterocycles. The van der Waals surface area contributed by atoms with Crippen LogP contribution >= 0.6 is 15.9 Å². The van der Waals surface area contributed by atoms with Gasteiger partial charge in [0.2, 0.25) is 0 Å². The number of ether oxygens (including phenoxy) is 1. The molecular weight excluding hydrogens is 321 g/mol. The molecular formula is C12H13BrFNO4. The number of hydrogen-bond acceptors (Lipinski definition) is 3. The average Bonchev–Trinajstić information content (AvgIpc) is 2.34. The SMILES string of the molecule is CCC(NC(=O)COc1ccc(F)cc1Br)C(=O)O. The average molecular weight is 334 g/mol. The fourth-order valence-electron chi connectivity index (χ4n) is 1.31. The zero-order valence-electron chi connectivity index (χ0n) is 10.2. The molecule has 0 aliphatic rings. The molecule has 0 spiro atoms. The van der Waals surface area contributed by atoms with E-state index in [1.54, 1.807) is 6.92 Å². The molecule has 104 valence electrons. The summed E-state index contributed by atoms with van der Waals surface area (Å²) in [6.45, 7) is 1.31. The van der Waals surface area contributed by atoms with Crippen molar-refractivity contribution in [2.75, 3.05) is 6.61 Å². The van der Waals surface area contributed by atoms with E-state index in [9.17, 15) is 14.0 Å². The molecule has 0 aliphatic carbocycles. The van der Waals surface area contributed by atoms with Crippen LogP contribution in [-0.2, 0) is 9.59 Å². The maximum atomic E-state index is 12.8. The first-order valence-electron chi connectivity index (χ1n) is 5.54. The Labute approximate surface area is 117 Å². The summed E-state index contributed by atoms with van der Waals surface area (Å²) >= 11 is 3.09. The third-order valence-electron chi connectivity index (χ3n) is 2.29. The van der Waals surface area contributed by atoms with Gasteiger partial charge in [0.15, 0.2) is 6.61 Å². The first kappa shape index (κ1) is 15.4. The van der Waals surface area contributed by atoms with Gasteiger partial charge in [0.05, 0.1) is 4.47 Å². The summed E-state index contributed by atoms with van der Waals surface area (Å²) < 4.78 is 18.4. The Morgan fingerprint density at radius 2 is 2.21 bits per heavy atom. The minimum Gasteiger partial charge on any atom is -0.483 e. The topological polar surface area (TPSA) is 75.6 Å². The number of carbonyl (C=O) groups is 2. The predicted octanol–water partition coefficient (Wildman–Crippen LogP) is 1.95. The second-order valence-corrected chi connectivity index (χ2v) is 4.58. The zero-order valence-corrected chi connectivity index (χ0v) is 11.7. The molecule has 1 rings (SSSR count). The largest absolute Gasteiger partial charge is 0.483 e. The summed E-state index contributed by atoms with van der Waals surface area (Å²) in [5.74, 6) is -1.77. The standard InChI is InChI=1S/C12H13BrFNO4/c1-2-9(12(17)18)15-11(16)6-19-10-4-3-7(14)5-8(10)13/h3-5,9H,2,6H2,1H3,(H,15,16)(H,17,18). The van der Waals surface area contributed by atoms with Crippen LogP contribution in [0.3, 0.4) is 0 Å². The molecule has 0 bridgehead atoms. The number of aliphatic carboxylic acids is 1. The lowest BCUT2D eigenvalue weighted by molar-refractivity contribution is -0.142. The van der Waals surface area contributed by atoms with Gasteiger partial charge in [-0.3, -0.25) is 4.79 Å². The van der Waals surface area contributed by atoms with Crippen molar-refractivity contribution in [3.05, 3.63) is 28.5 Å². The number of nitrogens with one attached hydrogen (secondary N) is 1. The number of carboxylic acids is 1. The number of halogens is 2. The van der Waals surface area contributed by atoms with Gasteiger partial charge in [-0.1, -0.05) is 6.92 Å². The van der Waals surface area contributed by atoms with Crippen molar-refractivity contribution in [3.8, 4) is 5.75 Å². The lowest BCUT2D eigenvalue weighted by atomic mass is 10.2. The smallest absolute Gasteiger partial charge is 0.326 e. The van der Waals surface area contributed by atoms with Crippen LogP contribution in [0.25, 0.3) is 0 Å². The third kappa shape index (κ3) is 4.86. The van der Waals surface area contributed by atoms with Gasteiger partial charge >= 0.3 is 5.97 Å². The lowest BCUT2D eigenvalue weighted by Crippen LogP contribution is -2.42. The Morgan fingerprint density at radius 3 is 2.74 bits per heavy atom. The molecule has 1 aromatic carbocycles. The lowest BCUT2D eigenvalue weighted by Gasteiger charge is -2.13. The second kappa shape index (κ2) is 7.08. The van der Waals surface area contributed by atoms with Crippen molar-refractivity contribution in [1.82, 2.24) is 5.32 Å². The summed E-state index contributed by atoms with van der Waals surface area (Å²) in [7, 11) is 0. The van der Waals surface area contributed by atoms with Crippen LogP contribution in [0.2, 0.25) is 0 Å². The Hall–Kier alpha value is -1.63. The number of carboxylic acid groups (broad SMARTS) is 1. The van der Waals surface area contributed by atoms with Crippen LogP contribution in [0.4, 0.5) is 4.39 Å². The Morgan fingerprint density at radius 1 is 1.53 bits per heavy atom. The van der Waals surface area contributed by atoms with Crippen molar-refractivity contribution in [3.63, 3.8) is 0 Å². The molecule has 0 aliphatic heterocycles. The van der Waals surface area contributed by atoms with Gasteiger partial charge in [0, 0.05) is 0 Å². The van der Waals surface area contributed by atoms with E-state index in [2.05, 4.69) is 21.2 Å². The number of carbonyl (C=O) groups excluding carboxylic acids is 1. The minimum atomic E-state index is -1.10. The van der Waals surface area contributed by atoms with Crippen LogP contribution in [0.5, 0.6) is 5.75 Å².